The van der Waals surface area contributed by atoms with Gasteiger partial charge in [-0.2, -0.15) is 5.10 Å². The second kappa shape index (κ2) is 7.42. The zero-order valence-electron chi connectivity index (χ0n) is 14.7. The number of carbonyl (C=O) groups excluding carboxylic acids is 1. The van der Waals surface area contributed by atoms with Crippen molar-refractivity contribution in [1.82, 2.24) is 19.6 Å². The Hall–Kier alpha value is -2.14. The SMILES string of the molecule is Cc1ccc([C@@H](C(=O)N(C)CCc2cnn(C)c2)N(C)C)cc1. The summed E-state index contributed by atoms with van der Waals surface area (Å²) in [5, 5.41) is 4.16. The Labute approximate surface area is 138 Å². The van der Waals surface area contributed by atoms with Crippen LogP contribution in [0.3, 0.4) is 0 Å². The second-order valence-electron chi connectivity index (χ2n) is 6.31. The van der Waals surface area contributed by atoms with E-state index in [1.54, 1.807) is 9.58 Å². The van der Waals surface area contributed by atoms with Crippen LogP contribution in [0.2, 0.25) is 0 Å². The summed E-state index contributed by atoms with van der Waals surface area (Å²) in [6, 6.07) is 7.91. The number of hydrogen-bond donors (Lipinski definition) is 0. The molecule has 0 N–H and O–H groups in total. The topological polar surface area (TPSA) is 41.4 Å². The Morgan fingerprint density at radius 2 is 1.87 bits per heavy atom. The molecule has 2 aromatic rings. The van der Waals surface area contributed by atoms with Crippen molar-refractivity contribution in [3.63, 3.8) is 0 Å². The fourth-order valence-corrected chi connectivity index (χ4v) is 2.63. The van der Waals surface area contributed by atoms with E-state index in [1.165, 1.54) is 5.56 Å². The van der Waals surface area contributed by atoms with Crippen molar-refractivity contribution in [2.24, 2.45) is 7.05 Å². The molecule has 124 valence electrons. The van der Waals surface area contributed by atoms with Gasteiger partial charge in [-0.05, 0) is 38.6 Å². The van der Waals surface area contributed by atoms with Crippen molar-refractivity contribution >= 4 is 5.91 Å². The molecule has 0 unspecified atom stereocenters. The van der Waals surface area contributed by atoms with Gasteiger partial charge in [0.15, 0.2) is 0 Å². The molecule has 0 fully saturated rings. The molecule has 1 heterocycles. The minimum absolute atomic E-state index is 0.114. The molecule has 0 aliphatic heterocycles. The lowest BCUT2D eigenvalue weighted by Gasteiger charge is -2.28. The molecule has 23 heavy (non-hydrogen) atoms. The van der Waals surface area contributed by atoms with Crippen molar-refractivity contribution in [3.05, 3.63) is 53.3 Å². The molecule has 5 nitrogen and oxygen atoms in total. The molecular weight excluding hydrogens is 288 g/mol. The maximum Gasteiger partial charge on any atom is 0.244 e. The number of rotatable bonds is 6. The van der Waals surface area contributed by atoms with Gasteiger partial charge in [0.2, 0.25) is 5.91 Å². The maximum absolute atomic E-state index is 12.9. The van der Waals surface area contributed by atoms with Crippen molar-refractivity contribution in [2.45, 2.75) is 19.4 Å². The molecule has 0 aliphatic carbocycles. The highest BCUT2D eigenvalue weighted by Gasteiger charge is 2.25. The van der Waals surface area contributed by atoms with Crippen LogP contribution in [-0.2, 0) is 18.3 Å². The van der Waals surface area contributed by atoms with Gasteiger partial charge in [0, 0.05) is 26.8 Å². The summed E-state index contributed by atoms with van der Waals surface area (Å²) < 4.78 is 1.78. The van der Waals surface area contributed by atoms with Gasteiger partial charge < -0.3 is 4.90 Å². The molecule has 0 aliphatic rings. The van der Waals surface area contributed by atoms with Crippen LogP contribution in [-0.4, -0.2) is 53.2 Å². The van der Waals surface area contributed by atoms with Gasteiger partial charge in [-0.15, -0.1) is 0 Å². The summed E-state index contributed by atoms with van der Waals surface area (Å²) in [5.41, 5.74) is 3.37. The fraction of sp³-hybridized carbons (Fsp3) is 0.444. The van der Waals surface area contributed by atoms with E-state index in [0.29, 0.717) is 6.54 Å². The number of aryl methyl sites for hydroxylation is 2. The highest BCUT2D eigenvalue weighted by molar-refractivity contribution is 5.83. The Bertz CT molecular complexity index is 645. The number of benzene rings is 1. The zero-order valence-corrected chi connectivity index (χ0v) is 14.7. The van der Waals surface area contributed by atoms with Crippen LogP contribution in [0.5, 0.6) is 0 Å². The number of hydrogen-bond acceptors (Lipinski definition) is 3. The lowest BCUT2D eigenvalue weighted by molar-refractivity contribution is -0.135. The predicted molar refractivity (Wildman–Crippen MR) is 92.2 cm³/mol. The smallest absolute Gasteiger partial charge is 0.244 e. The number of aromatic nitrogens is 2. The van der Waals surface area contributed by atoms with Gasteiger partial charge in [-0.25, -0.2) is 0 Å². The van der Waals surface area contributed by atoms with Gasteiger partial charge in [0.25, 0.3) is 0 Å². The molecule has 5 heteroatoms. The van der Waals surface area contributed by atoms with E-state index in [4.69, 9.17) is 0 Å². The van der Waals surface area contributed by atoms with Gasteiger partial charge in [0.05, 0.1) is 6.20 Å². The van der Waals surface area contributed by atoms with E-state index in [0.717, 1.165) is 17.5 Å². The van der Waals surface area contributed by atoms with Crippen LogP contribution < -0.4 is 0 Å². The van der Waals surface area contributed by atoms with Gasteiger partial charge >= 0.3 is 0 Å². The maximum atomic E-state index is 12.9. The van der Waals surface area contributed by atoms with E-state index in [-0.39, 0.29) is 11.9 Å². The summed E-state index contributed by atoms with van der Waals surface area (Å²) in [6.45, 7) is 2.73. The van der Waals surface area contributed by atoms with E-state index in [2.05, 4.69) is 24.2 Å². The van der Waals surface area contributed by atoms with Crippen LogP contribution >= 0.6 is 0 Å². The third kappa shape index (κ3) is 4.42. The Morgan fingerprint density at radius 3 is 2.39 bits per heavy atom. The van der Waals surface area contributed by atoms with Crippen LogP contribution in [0, 0.1) is 6.92 Å². The van der Waals surface area contributed by atoms with Crippen molar-refractivity contribution < 1.29 is 4.79 Å². The second-order valence-corrected chi connectivity index (χ2v) is 6.31. The molecular formula is C18H26N4O. The van der Waals surface area contributed by atoms with Crippen molar-refractivity contribution in [3.8, 4) is 0 Å². The van der Waals surface area contributed by atoms with Crippen LogP contribution in [0.15, 0.2) is 36.7 Å². The third-order valence-electron chi connectivity index (χ3n) is 4.01. The summed E-state index contributed by atoms with van der Waals surface area (Å²) in [5.74, 6) is 0.114. The normalized spacial score (nSPS) is 12.4. The number of carbonyl (C=O) groups is 1. The molecule has 1 aromatic carbocycles. The molecule has 2 rings (SSSR count). The minimum Gasteiger partial charge on any atom is -0.344 e. The Kier molecular flexibility index (Phi) is 5.55. The number of likely N-dealkylation sites (N-methyl/N-ethyl adjacent to an activating group) is 2. The van der Waals surface area contributed by atoms with Crippen molar-refractivity contribution in [2.75, 3.05) is 27.7 Å². The van der Waals surface area contributed by atoms with E-state index >= 15 is 0 Å². The molecule has 1 atom stereocenters. The van der Waals surface area contributed by atoms with E-state index in [1.807, 2.05) is 57.6 Å². The van der Waals surface area contributed by atoms with E-state index < -0.39 is 0 Å². The first kappa shape index (κ1) is 17.2. The number of nitrogens with zero attached hydrogens (tertiary/aromatic N) is 4. The number of amides is 1. The average molecular weight is 314 g/mol. The van der Waals surface area contributed by atoms with Crippen molar-refractivity contribution in [1.29, 1.82) is 0 Å². The average Bonchev–Trinajstić information content (AvgIpc) is 2.92. The van der Waals surface area contributed by atoms with E-state index in [9.17, 15) is 4.79 Å². The lowest BCUT2D eigenvalue weighted by Crippen LogP contribution is -2.39. The summed E-state index contributed by atoms with van der Waals surface area (Å²) in [6.07, 6.45) is 4.65. The lowest BCUT2D eigenvalue weighted by atomic mass is 10.0. The van der Waals surface area contributed by atoms with Gasteiger partial charge in [-0.1, -0.05) is 29.8 Å². The molecule has 1 amide bonds. The fourth-order valence-electron chi connectivity index (χ4n) is 2.63. The molecule has 1 aromatic heterocycles. The van der Waals surface area contributed by atoms with Crippen LogP contribution in [0.25, 0.3) is 0 Å². The standard InChI is InChI=1S/C18H26N4O/c1-14-6-8-16(9-7-14)17(20(2)3)18(23)21(4)11-10-15-12-19-22(5)13-15/h6-9,12-13,17H,10-11H2,1-5H3/t17-/m0/s1. The zero-order chi connectivity index (χ0) is 17.0. The molecule has 0 saturated heterocycles. The first-order chi connectivity index (χ1) is 10.9. The molecule has 0 spiro atoms. The summed E-state index contributed by atoms with van der Waals surface area (Å²) >= 11 is 0. The quantitative estimate of drug-likeness (QED) is 0.819. The summed E-state index contributed by atoms with van der Waals surface area (Å²) in [7, 11) is 7.65. The van der Waals surface area contributed by atoms with Gasteiger partial charge in [0.1, 0.15) is 6.04 Å². The van der Waals surface area contributed by atoms with Crippen LogP contribution in [0.1, 0.15) is 22.7 Å². The van der Waals surface area contributed by atoms with Crippen LogP contribution in [0.4, 0.5) is 0 Å². The molecule has 0 bridgehead atoms. The highest BCUT2D eigenvalue weighted by Crippen LogP contribution is 2.21. The van der Waals surface area contributed by atoms with Gasteiger partial charge in [-0.3, -0.25) is 14.4 Å². The monoisotopic (exact) mass is 314 g/mol. The Morgan fingerprint density at radius 1 is 1.22 bits per heavy atom. The predicted octanol–water partition coefficient (Wildman–Crippen LogP) is 2.03. The molecule has 0 radical (unpaired) electrons. The summed E-state index contributed by atoms with van der Waals surface area (Å²) in [4.78, 5) is 16.6. The highest BCUT2D eigenvalue weighted by atomic mass is 16.2. The Balaban J connectivity index is 2.06. The third-order valence-corrected chi connectivity index (χ3v) is 4.01. The molecule has 0 saturated carbocycles. The first-order valence-corrected chi connectivity index (χ1v) is 7.84. The minimum atomic E-state index is -0.255. The largest absolute Gasteiger partial charge is 0.344 e. The first-order valence-electron chi connectivity index (χ1n) is 7.84.